The Morgan fingerprint density at radius 2 is 1.70 bits per heavy atom. The second kappa shape index (κ2) is 9.93. The zero-order valence-corrected chi connectivity index (χ0v) is 14.8. The zero-order chi connectivity index (χ0) is 19.6. The van der Waals surface area contributed by atoms with E-state index in [2.05, 4.69) is 16.0 Å². The van der Waals surface area contributed by atoms with Crippen molar-refractivity contribution >= 4 is 29.3 Å². The van der Waals surface area contributed by atoms with Crippen molar-refractivity contribution in [2.24, 2.45) is 0 Å². The normalized spacial score (nSPS) is 11.2. The number of aliphatic hydroxyl groups is 1. The molecule has 0 spiro atoms. The first-order valence-electron chi connectivity index (χ1n) is 8.33. The quantitative estimate of drug-likeness (QED) is 0.553. The van der Waals surface area contributed by atoms with E-state index in [9.17, 15) is 14.4 Å². The molecule has 142 valence electrons. The first-order valence-corrected chi connectivity index (χ1v) is 8.33. The largest absolute Gasteiger partial charge is 0.449 e. The highest BCUT2D eigenvalue weighted by atomic mass is 16.5. The summed E-state index contributed by atoms with van der Waals surface area (Å²) >= 11 is 0. The lowest BCUT2D eigenvalue weighted by Gasteiger charge is -2.15. The molecule has 0 radical (unpaired) electrons. The van der Waals surface area contributed by atoms with Crippen LogP contribution in [0.5, 0.6) is 0 Å². The zero-order valence-electron chi connectivity index (χ0n) is 14.8. The van der Waals surface area contributed by atoms with Gasteiger partial charge in [0.05, 0.1) is 12.2 Å². The van der Waals surface area contributed by atoms with Crippen LogP contribution in [0.15, 0.2) is 54.6 Å². The molecule has 4 N–H and O–H groups in total. The second-order valence-electron chi connectivity index (χ2n) is 5.55. The van der Waals surface area contributed by atoms with Gasteiger partial charge in [-0.2, -0.15) is 0 Å². The van der Waals surface area contributed by atoms with Gasteiger partial charge >= 0.3 is 12.0 Å². The third-order valence-electron chi connectivity index (χ3n) is 3.50. The Morgan fingerprint density at radius 1 is 1.04 bits per heavy atom. The lowest BCUT2D eigenvalue weighted by molar-refractivity contribution is -0.127. The number of carbonyl (C=O) groups is 3. The minimum atomic E-state index is -1.18. The number of benzene rings is 2. The second-order valence-corrected chi connectivity index (χ2v) is 5.55. The number of rotatable bonds is 7. The number of nitrogens with one attached hydrogen (secondary N) is 3. The fourth-order valence-electron chi connectivity index (χ4n) is 2.18. The average Bonchev–Trinajstić information content (AvgIpc) is 2.67. The van der Waals surface area contributed by atoms with E-state index >= 15 is 0 Å². The van der Waals surface area contributed by atoms with Crippen LogP contribution in [0.3, 0.4) is 0 Å². The molecule has 0 saturated heterocycles. The number of aliphatic hydroxyl groups excluding tert-OH is 1. The number of hydrogen-bond acceptors (Lipinski definition) is 6. The molecule has 0 saturated carbocycles. The van der Waals surface area contributed by atoms with E-state index < -0.39 is 24.0 Å². The SMILES string of the molecule is CC(OC(=O)c1ccccc1NCCO)C(=O)NC(=O)Nc1ccccc1. The van der Waals surface area contributed by atoms with Crippen LogP contribution in [0.1, 0.15) is 17.3 Å². The van der Waals surface area contributed by atoms with Gasteiger partial charge in [0.15, 0.2) is 6.10 Å². The average molecular weight is 371 g/mol. The number of esters is 1. The van der Waals surface area contributed by atoms with E-state index in [0.29, 0.717) is 11.4 Å². The molecule has 0 aliphatic heterocycles. The Bertz CT molecular complexity index is 795. The Kier molecular flexibility index (Phi) is 7.33. The molecule has 2 rings (SSSR count). The fraction of sp³-hybridized carbons (Fsp3) is 0.211. The highest BCUT2D eigenvalue weighted by molar-refractivity contribution is 6.03. The molecule has 2 aromatic rings. The van der Waals surface area contributed by atoms with Crippen LogP contribution in [0.2, 0.25) is 0 Å². The van der Waals surface area contributed by atoms with Crippen molar-refractivity contribution in [2.75, 3.05) is 23.8 Å². The van der Waals surface area contributed by atoms with E-state index in [1.807, 2.05) is 0 Å². The molecular weight excluding hydrogens is 350 g/mol. The molecule has 0 aliphatic rings. The highest BCUT2D eigenvalue weighted by Gasteiger charge is 2.22. The number of hydrogen-bond donors (Lipinski definition) is 4. The number of carbonyl (C=O) groups excluding carboxylic acids is 3. The Morgan fingerprint density at radius 3 is 2.41 bits per heavy atom. The standard InChI is InChI=1S/C19H21N3O5/c1-13(17(24)22-19(26)21-14-7-3-2-4-8-14)27-18(25)15-9-5-6-10-16(15)20-11-12-23/h2-10,13,20,23H,11-12H2,1H3,(H2,21,22,24,26). The molecular formula is C19H21N3O5. The Labute approximate surface area is 156 Å². The monoisotopic (exact) mass is 371 g/mol. The minimum absolute atomic E-state index is 0.0985. The van der Waals surface area contributed by atoms with E-state index in [1.165, 1.54) is 13.0 Å². The van der Waals surface area contributed by atoms with E-state index in [0.717, 1.165) is 0 Å². The molecule has 0 aliphatic carbocycles. The Hall–Kier alpha value is -3.39. The maximum Gasteiger partial charge on any atom is 0.341 e. The summed E-state index contributed by atoms with van der Waals surface area (Å²) in [5.74, 6) is -1.47. The summed E-state index contributed by atoms with van der Waals surface area (Å²) in [4.78, 5) is 36.2. The maximum atomic E-state index is 12.3. The number of anilines is 2. The van der Waals surface area contributed by atoms with Crippen molar-refractivity contribution in [1.29, 1.82) is 0 Å². The van der Waals surface area contributed by atoms with Gasteiger partial charge in [-0.15, -0.1) is 0 Å². The van der Waals surface area contributed by atoms with Gasteiger partial charge < -0.3 is 20.5 Å². The van der Waals surface area contributed by atoms with Gasteiger partial charge in [0.2, 0.25) is 0 Å². The van der Waals surface area contributed by atoms with E-state index in [4.69, 9.17) is 9.84 Å². The number of urea groups is 1. The van der Waals surface area contributed by atoms with Crippen molar-refractivity contribution in [2.45, 2.75) is 13.0 Å². The number of ether oxygens (including phenoxy) is 1. The maximum absolute atomic E-state index is 12.3. The first-order chi connectivity index (χ1) is 13.0. The van der Waals surface area contributed by atoms with Gasteiger partial charge in [0.25, 0.3) is 5.91 Å². The summed E-state index contributed by atoms with van der Waals surface area (Å²) in [5.41, 5.74) is 1.22. The lowest BCUT2D eigenvalue weighted by atomic mass is 10.2. The topological polar surface area (TPSA) is 117 Å². The summed E-state index contributed by atoms with van der Waals surface area (Å²) in [6.45, 7) is 1.53. The van der Waals surface area contributed by atoms with Gasteiger partial charge in [0, 0.05) is 17.9 Å². The van der Waals surface area contributed by atoms with Crippen molar-refractivity contribution < 1.29 is 24.2 Å². The molecule has 0 heterocycles. The van der Waals surface area contributed by atoms with Crippen molar-refractivity contribution in [1.82, 2.24) is 5.32 Å². The van der Waals surface area contributed by atoms with Crippen LogP contribution in [-0.4, -0.2) is 42.3 Å². The van der Waals surface area contributed by atoms with Crippen LogP contribution in [0, 0.1) is 0 Å². The predicted molar refractivity (Wildman–Crippen MR) is 100 cm³/mol. The molecule has 2 aromatic carbocycles. The van der Waals surface area contributed by atoms with Gasteiger partial charge in [-0.3, -0.25) is 10.1 Å². The fourth-order valence-corrected chi connectivity index (χ4v) is 2.18. The third kappa shape index (κ3) is 6.12. The number of amides is 3. The molecule has 0 aromatic heterocycles. The lowest BCUT2D eigenvalue weighted by Crippen LogP contribution is -2.41. The molecule has 27 heavy (non-hydrogen) atoms. The van der Waals surface area contributed by atoms with Gasteiger partial charge in [-0.25, -0.2) is 9.59 Å². The smallest absolute Gasteiger partial charge is 0.341 e. The van der Waals surface area contributed by atoms with Crippen molar-refractivity contribution in [3.8, 4) is 0 Å². The highest BCUT2D eigenvalue weighted by Crippen LogP contribution is 2.16. The van der Waals surface area contributed by atoms with E-state index in [1.54, 1.807) is 48.5 Å². The third-order valence-corrected chi connectivity index (χ3v) is 3.50. The molecule has 0 bridgehead atoms. The van der Waals surface area contributed by atoms with Crippen LogP contribution in [0.4, 0.5) is 16.2 Å². The van der Waals surface area contributed by atoms with Gasteiger partial charge in [-0.05, 0) is 31.2 Å². The predicted octanol–water partition coefficient (Wildman–Crippen LogP) is 1.98. The minimum Gasteiger partial charge on any atom is -0.449 e. The number of para-hydroxylation sites is 2. The van der Waals surface area contributed by atoms with Crippen LogP contribution < -0.4 is 16.0 Å². The summed E-state index contributed by atoms with van der Waals surface area (Å²) in [6, 6.07) is 14.5. The Balaban J connectivity index is 1.92. The van der Waals surface area contributed by atoms with E-state index in [-0.39, 0.29) is 18.7 Å². The molecule has 3 amide bonds. The first kappa shape index (κ1) is 19.9. The summed E-state index contributed by atoms with van der Waals surface area (Å²) in [7, 11) is 0. The van der Waals surface area contributed by atoms with Gasteiger partial charge in [-0.1, -0.05) is 30.3 Å². The van der Waals surface area contributed by atoms with Crippen LogP contribution >= 0.6 is 0 Å². The summed E-state index contributed by atoms with van der Waals surface area (Å²) < 4.78 is 5.14. The van der Waals surface area contributed by atoms with Crippen molar-refractivity contribution in [3.63, 3.8) is 0 Å². The summed E-state index contributed by atoms with van der Waals surface area (Å²) in [5, 5.41) is 16.4. The molecule has 8 nitrogen and oxygen atoms in total. The van der Waals surface area contributed by atoms with Crippen LogP contribution in [-0.2, 0) is 9.53 Å². The molecule has 1 unspecified atom stereocenters. The molecule has 1 atom stereocenters. The molecule has 8 heteroatoms. The van der Waals surface area contributed by atoms with Gasteiger partial charge in [0.1, 0.15) is 0 Å². The molecule has 0 fully saturated rings. The summed E-state index contributed by atoms with van der Waals surface area (Å²) in [6.07, 6.45) is -1.18. The van der Waals surface area contributed by atoms with Crippen molar-refractivity contribution in [3.05, 3.63) is 60.2 Å². The number of imide groups is 1. The van der Waals surface area contributed by atoms with Crippen LogP contribution in [0.25, 0.3) is 0 Å².